The Kier molecular flexibility index (Phi) is 2.74. The highest BCUT2D eigenvalue weighted by Gasteiger charge is 1.98. The summed E-state index contributed by atoms with van der Waals surface area (Å²) in [6.07, 6.45) is 2.83. The minimum Gasteiger partial charge on any atom is -0.300 e. The molecule has 0 amide bonds. The lowest BCUT2D eigenvalue weighted by molar-refractivity contribution is -0.117. The topological polar surface area (TPSA) is 52.0 Å². The first kappa shape index (κ1) is 8.64. The molecule has 0 saturated heterocycles. The fourth-order valence-corrected chi connectivity index (χ4v) is 0.837. The van der Waals surface area contributed by atoms with Gasteiger partial charge in [0.05, 0.1) is 0 Å². The minimum atomic E-state index is 0.123. The summed E-state index contributed by atoms with van der Waals surface area (Å²) < 4.78 is 1.59. The van der Waals surface area contributed by atoms with Crippen molar-refractivity contribution in [1.82, 2.24) is 9.78 Å². The van der Waals surface area contributed by atoms with Crippen LogP contribution in [0.25, 0.3) is 0 Å². The highest BCUT2D eigenvalue weighted by molar-refractivity contribution is 5.75. The molecule has 64 valence electrons. The third kappa shape index (κ3) is 2.30. The molecule has 4 nitrogen and oxygen atoms in total. The number of nitrogens with zero attached hydrogens (tertiary/aromatic N) is 2. The van der Waals surface area contributed by atoms with Gasteiger partial charge in [0.25, 0.3) is 0 Å². The van der Waals surface area contributed by atoms with Crippen LogP contribution in [0.4, 0.5) is 0 Å². The number of aldehydes is 1. The summed E-state index contributed by atoms with van der Waals surface area (Å²) in [4.78, 5) is 20.8. The number of rotatable bonds is 4. The van der Waals surface area contributed by atoms with E-state index in [-0.39, 0.29) is 5.78 Å². The van der Waals surface area contributed by atoms with Gasteiger partial charge in [0.1, 0.15) is 11.5 Å². The number of hydrogen-bond acceptors (Lipinski definition) is 3. The van der Waals surface area contributed by atoms with Crippen molar-refractivity contribution in [3.8, 4) is 0 Å². The van der Waals surface area contributed by atoms with Crippen LogP contribution in [-0.4, -0.2) is 21.8 Å². The minimum absolute atomic E-state index is 0.123. The number of ketones is 1. The number of carbonyl (C=O) groups excluding carboxylic acids is 2. The van der Waals surface area contributed by atoms with Gasteiger partial charge in [-0.3, -0.25) is 14.3 Å². The molecule has 4 heteroatoms. The zero-order valence-electron chi connectivity index (χ0n) is 6.86. The molecule has 0 N–H and O–H groups in total. The molecule has 1 heterocycles. The largest absolute Gasteiger partial charge is 0.300 e. The highest BCUT2D eigenvalue weighted by atomic mass is 16.1. The van der Waals surface area contributed by atoms with E-state index in [2.05, 4.69) is 5.10 Å². The summed E-state index contributed by atoms with van der Waals surface area (Å²) >= 11 is 0. The Hall–Kier alpha value is -1.45. The van der Waals surface area contributed by atoms with E-state index in [1.165, 1.54) is 6.92 Å². The van der Waals surface area contributed by atoms with E-state index >= 15 is 0 Å². The maximum absolute atomic E-state index is 10.6. The predicted octanol–water partition coefficient (Wildman–Crippen LogP) is 0.675. The predicted molar refractivity (Wildman–Crippen MR) is 42.9 cm³/mol. The van der Waals surface area contributed by atoms with Gasteiger partial charge < -0.3 is 0 Å². The normalized spacial score (nSPS) is 9.75. The molecule has 0 aromatic carbocycles. The lowest BCUT2D eigenvalue weighted by Crippen LogP contribution is -2.03. The van der Waals surface area contributed by atoms with E-state index in [4.69, 9.17) is 0 Å². The molecule has 0 fully saturated rings. The van der Waals surface area contributed by atoms with Crippen LogP contribution < -0.4 is 0 Å². The van der Waals surface area contributed by atoms with Gasteiger partial charge in [-0.25, -0.2) is 0 Å². The third-order valence-electron chi connectivity index (χ3n) is 1.47. The van der Waals surface area contributed by atoms with Crippen LogP contribution in [0.2, 0.25) is 0 Å². The second-order valence-corrected chi connectivity index (χ2v) is 2.57. The van der Waals surface area contributed by atoms with Crippen molar-refractivity contribution in [2.24, 2.45) is 0 Å². The molecule has 0 bridgehead atoms. The highest BCUT2D eigenvalue weighted by Crippen LogP contribution is 1.94. The molecule has 0 radical (unpaired) electrons. The Morgan fingerprint density at radius 2 is 2.50 bits per heavy atom. The average Bonchev–Trinajstić information content (AvgIpc) is 2.48. The van der Waals surface area contributed by atoms with Gasteiger partial charge in [-0.15, -0.1) is 0 Å². The number of aromatic nitrogens is 2. The van der Waals surface area contributed by atoms with Gasteiger partial charge in [0, 0.05) is 19.2 Å². The molecule has 1 rings (SSSR count). The van der Waals surface area contributed by atoms with Gasteiger partial charge in [-0.2, -0.15) is 5.10 Å². The first-order valence-corrected chi connectivity index (χ1v) is 3.70. The Labute approximate surface area is 70.2 Å². The van der Waals surface area contributed by atoms with E-state index in [1.54, 1.807) is 16.9 Å². The molecular weight excluding hydrogens is 156 g/mol. The third-order valence-corrected chi connectivity index (χ3v) is 1.47. The van der Waals surface area contributed by atoms with Crippen molar-refractivity contribution in [3.05, 3.63) is 18.0 Å². The second-order valence-electron chi connectivity index (χ2n) is 2.57. The maximum Gasteiger partial charge on any atom is 0.170 e. The van der Waals surface area contributed by atoms with Crippen LogP contribution in [0.15, 0.2) is 12.3 Å². The Morgan fingerprint density at radius 3 is 3.00 bits per heavy atom. The van der Waals surface area contributed by atoms with Crippen molar-refractivity contribution in [1.29, 1.82) is 0 Å². The number of aryl methyl sites for hydroxylation is 1. The summed E-state index contributed by atoms with van der Waals surface area (Å²) in [6.45, 7) is 2.08. The molecule has 0 aliphatic rings. The van der Waals surface area contributed by atoms with Crippen molar-refractivity contribution >= 4 is 12.1 Å². The van der Waals surface area contributed by atoms with E-state index in [0.717, 1.165) is 0 Å². The maximum atomic E-state index is 10.6. The van der Waals surface area contributed by atoms with Gasteiger partial charge in [-0.1, -0.05) is 0 Å². The second kappa shape index (κ2) is 3.80. The first-order chi connectivity index (χ1) is 5.72. The molecule has 0 spiro atoms. The summed E-state index contributed by atoms with van der Waals surface area (Å²) in [5.41, 5.74) is 0.401. The molecule has 1 aromatic heterocycles. The molecule has 0 unspecified atom stereocenters. The monoisotopic (exact) mass is 166 g/mol. The SMILES string of the molecule is CC(=O)CCn1ccc(C=O)n1. The smallest absolute Gasteiger partial charge is 0.170 e. The van der Waals surface area contributed by atoms with E-state index in [1.807, 2.05) is 0 Å². The molecule has 0 aliphatic heterocycles. The van der Waals surface area contributed by atoms with Crippen LogP contribution in [-0.2, 0) is 11.3 Å². The Bertz CT molecular complexity index is 291. The van der Waals surface area contributed by atoms with E-state index in [0.29, 0.717) is 24.9 Å². The quantitative estimate of drug-likeness (QED) is 0.618. The molecule has 0 aliphatic carbocycles. The summed E-state index contributed by atoms with van der Waals surface area (Å²) in [7, 11) is 0. The van der Waals surface area contributed by atoms with Gasteiger partial charge in [0.15, 0.2) is 6.29 Å². The van der Waals surface area contributed by atoms with Crippen LogP contribution in [0.1, 0.15) is 23.8 Å². The first-order valence-electron chi connectivity index (χ1n) is 3.70. The fourth-order valence-electron chi connectivity index (χ4n) is 0.837. The van der Waals surface area contributed by atoms with Gasteiger partial charge in [0.2, 0.25) is 0 Å². The van der Waals surface area contributed by atoms with Crippen LogP contribution in [0, 0.1) is 0 Å². The number of Topliss-reactive ketones (excluding diaryl/α,β-unsaturated/α-hetero) is 1. The number of hydrogen-bond donors (Lipinski definition) is 0. The Morgan fingerprint density at radius 1 is 1.75 bits per heavy atom. The zero-order valence-corrected chi connectivity index (χ0v) is 6.86. The van der Waals surface area contributed by atoms with Crippen molar-refractivity contribution in [2.75, 3.05) is 0 Å². The Balaban J connectivity index is 2.52. The fraction of sp³-hybridized carbons (Fsp3) is 0.375. The average molecular weight is 166 g/mol. The number of carbonyl (C=O) groups is 2. The lowest BCUT2D eigenvalue weighted by Gasteiger charge is -1.96. The van der Waals surface area contributed by atoms with Crippen molar-refractivity contribution in [3.63, 3.8) is 0 Å². The summed E-state index contributed by atoms with van der Waals surface area (Å²) in [5.74, 6) is 0.123. The van der Waals surface area contributed by atoms with Gasteiger partial charge in [-0.05, 0) is 13.0 Å². The van der Waals surface area contributed by atoms with Crippen LogP contribution in [0.3, 0.4) is 0 Å². The lowest BCUT2D eigenvalue weighted by atomic mass is 10.3. The standard InChI is InChI=1S/C8H10N2O2/c1-7(12)2-4-10-5-3-8(6-11)9-10/h3,5-6H,2,4H2,1H3. The molecule has 0 atom stereocenters. The van der Waals surface area contributed by atoms with Crippen LogP contribution >= 0.6 is 0 Å². The molecule has 12 heavy (non-hydrogen) atoms. The van der Waals surface area contributed by atoms with Gasteiger partial charge >= 0.3 is 0 Å². The summed E-state index contributed by atoms with van der Waals surface area (Å²) in [5, 5.41) is 3.90. The van der Waals surface area contributed by atoms with Crippen molar-refractivity contribution < 1.29 is 9.59 Å². The summed E-state index contributed by atoms with van der Waals surface area (Å²) in [6, 6.07) is 1.62. The zero-order chi connectivity index (χ0) is 8.97. The molecule has 0 saturated carbocycles. The van der Waals surface area contributed by atoms with Crippen LogP contribution in [0.5, 0.6) is 0 Å². The van der Waals surface area contributed by atoms with Crippen molar-refractivity contribution in [2.45, 2.75) is 19.9 Å². The molecular formula is C8H10N2O2. The molecule has 1 aromatic rings. The van der Waals surface area contributed by atoms with E-state index < -0.39 is 0 Å². The van der Waals surface area contributed by atoms with E-state index in [9.17, 15) is 9.59 Å².